The Kier molecular flexibility index (Phi) is 3.55. The Bertz CT molecular complexity index is 527. The Morgan fingerprint density at radius 1 is 1.53 bits per heavy atom. The van der Waals surface area contributed by atoms with Gasteiger partial charge in [-0.1, -0.05) is 6.92 Å². The van der Waals surface area contributed by atoms with Gasteiger partial charge in [-0.05, 0) is 31.2 Å². The van der Waals surface area contributed by atoms with E-state index in [1.807, 2.05) is 11.9 Å². The highest BCUT2D eigenvalue weighted by atomic mass is 16.6. The third-order valence-electron chi connectivity index (χ3n) is 3.77. The molecule has 1 aromatic carbocycles. The molecule has 0 aromatic heterocycles. The Morgan fingerprint density at radius 2 is 2.16 bits per heavy atom. The summed E-state index contributed by atoms with van der Waals surface area (Å²) in [6, 6.07) is 4.49. The lowest BCUT2D eigenvalue weighted by atomic mass is 10.1. The first kappa shape index (κ1) is 13.5. The fraction of sp³-hybridized carbons (Fsp3) is 0.500. The highest BCUT2D eigenvalue weighted by Crippen LogP contribution is 2.39. The fourth-order valence-electron chi connectivity index (χ4n) is 2.36. The molecule has 0 amide bonds. The zero-order valence-corrected chi connectivity index (χ0v) is 11.4. The van der Waals surface area contributed by atoms with Crippen LogP contribution in [0.5, 0.6) is 0 Å². The Morgan fingerprint density at radius 3 is 2.63 bits per heavy atom. The minimum Gasteiger partial charge on any atom is -0.374 e. The van der Waals surface area contributed by atoms with Gasteiger partial charge in [0, 0.05) is 37.0 Å². The van der Waals surface area contributed by atoms with Crippen LogP contribution >= 0.6 is 0 Å². The number of benzene rings is 1. The van der Waals surface area contributed by atoms with E-state index in [4.69, 9.17) is 0 Å². The van der Waals surface area contributed by atoms with E-state index >= 15 is 0 Å². The molecule has 0 radical (unpaired) electrons. The molecule has 5 heteroatoms. The minimum atomic E-state index is -0.473. The third-order valence-corrected chi connectivity index (χ3v) is 3.77. The molecule has 19 heavy (non-hydrogen) atoms. The van der Waals surface area contributed by atoms with Crippen molar-refractivity contribution < 1.29 is 9.72 Å². The van der Waals surface area contributed by atoms with E-state index in [9.17, 15) is 14.9 Å². The quantitative estimate of drug-likeness (QED) is 0.465. The normalized spacial score (nSPS) is 21.0. The number of nitrogens with zero attached hydrogens (tertiary/aromatic N) is 2. The van der Waals surface area contributed by atoms with E-state index in [0.717, 1.165) is 18.2 Å². The van der Waals surface area contributed by atoms with E-state index in [-0.39, 0.29) is 11.5 Å². The lowest BCUT2D eigenvalue weighted by Gasteiger charge is -2.21. The molecule has 102 valence electrons. The van der Waals surface area contributed by atoms with Crippen molar-refractivity contribution in [1.29, 1.82) is 0 Å². The molecule has 1 aliphatic carbocycles. The van der Waals surface area contributed by atoms with Gasteiger partial charge in [0.2, 0.25) is 0 Å². The predicted molar refractivity (Wildman–Crippen MR) is 73.6 cm³/mol. The zero-order valence-electron chi connectivity index (χ0n) is 11.4. The molecule has 0 aliphatic heterocycles. The number of nitro groups is 1. The molecule has 2 unspecified atom stereocenters. The monoisotopic (exact) mass is 262 g/mol. The topological polar surface area (TPSA) is 63.4 Å². The number of rotatable bonds is 5. The Balaban J connectivity index is 2.27. The number of carbonyl (C=O) groups is 1. The molecular formula is C14H18N2O3. The van der Waals surface area contributed by atoms with Crippen molar-refractivity contribution in [2.45, 2.75) is 20.3 Å². The van der Waals surface area contributed by atoms with Gasteiger partial charge >= 0.3 is 0 Å². The van der Waals surface area contributed by atoms with Crippen LogP contribution in [0.4, 0.5) is 11.4 Å². The van der Waals surface area contributed by atoms with Crippen LogP contribution in [0, 0.1) is 22.0 Å². The van der Waals surface area contributed by atoms with Gasteiger partial charge in [-0.15, -0.1) is 0 Å². The number of anilines is 1. The predicted octanol–water partition coefficient (Wildman–Crippen LogP) is 2.89. The first-order valence-electron chi connectivity index (χ1n) is 6.40. The second-order valence-corrected chi connectivity index (χ2v) is 5.37. The molecule has 1 aliphatic rings. The van der Waals surface area contributed by atoms with Crippen molar-refractivity contribution in [3.63, 3.8) is 0 Å². The number of Topliss-reactive ketones (excluding diaryl/α,β-unsaturated/α-hetero) is 1. The summed E-state index contributed by atoms with van der Waals surface area (Å²) in [4.78, 5) is 24.0. The van der Waals surface area contributed by atoms with Crippen LogP contribution < -0.4 is 4.90 Å². The van der Waals surface area contributed by atoms with Crippen molar-refractivity contribution in [3.05, 3.63) is 33.9 Å². The molecule has 2 atom stereocenters. The van der Waals surface area contributed by atoms with Gasteiger partial charge in [-0.2, -0.15) is 0 Å². The molecule has 0 N–H and O–H groups in total. The molecular weight excluding hydrogens is 244 g/mol. The summed E-state index contributed by atoms with van der Waals surface area (Å²) >= 11 is 0. The maximum absolute atomic E-state index is 11.7. The van der Waals surface area contributed by atoms with Gasteiger partial charge in [0.15, 0.2) is 5.78 Å². The molecule has 1 aromatic rings. The van der Waals surface area contributed by atoms with E-state index in [2.05, 4.69) is 6.92 Å². The smallest absolute Gasteiger partial charge is 0.270 e. The van der Waals surface area contributed by atoms with Gasteiger partial charge < -0.3 is 4.90 Å². The number of ketones is 1. The summed E-state index contributed by atoms with van der Waals surface area (Å²) in [6.45, 7) is 4.54. The van der Waals surface area contributed by atoms with Crippen LogP contribution in [-0.4, -0.2) is 24.3 Å². The minimum absolute atomic E-state index is 0.0397. The molecule has 1 saturated carbocycles. The van der Waals surface area contributed by atoms with Crippen LogP contribution in [0.3, 0.4) is 0 Å². The molecule has 0 heterocycles. The SMILES string of the molecule is CC(=O)c1cc([N+](=O)[O-])ccc1N(C)CC1CC1C. The van der Waals surface area contributed by atoms with Crippen LogP contribution in [0.15, 0.2) is 18.2 Å². The highest BCUT2D eigenvalue weighted by molar-refractivity contribution is 6.00. The average molecular weight is 262 g/mol. The number of non-ortho nitro benzene ring substituents is 1. The molecule has 0 spiro atoms. The van der Waals surface area contributed by atoms with E-state index in [1.54, 1.807) is 6.07 Å². The first-order valence-corrected chi connectivity index (χ1v) is 6.40. The second-order valence-electron chi connectivity index (χ2n) is 5.37. The van der Waals surface area contributed by atoms with Crippen LogP contribution in [0.2, 0.25) is 0 Å². The third kappa shape index (κ3) is 2.92. The molecule has 0 saturated heterocycles. The van der Waals surface area contributed by atoms with Crippen molar-refractivity contribution in [2.75, 3.05) is 18.5 Å². The van der Waals surface area contributed by atoms with Gasteiger partial charge in [-0.3, -0.25) is 14.9 Å². The summed E-state index contributed by atoms with van der Waals surface area (Å²) in [7, 11) is 1.93. The van der Waals surface area contributed by atoms with Crippen LogP contribution in [0.1, 0.15) is 30.6 Å². The number of nitro benzene ring substituents is 1. The van der Waals surface area contributed by atoms with Crippen molar-refractivity contribution in [3.8, 4) is 0 Å². The summed E-state index contributed by atoms with van der Waals surface area (Å²) in [6.07, 6.45) is 1.22. The lowest BCUT2D eigenvalue weighted by molar-refractivity contribution is -0.384. The number of carbonyl (C=O) groups excluding carboxylic acids is 1. The first-order chi connectivity index (χ1) is 8.90. The number of hydrogen-bond acceptors (Lipinski definition) is 4. The highest BCUT2D eigenvalue weighted by Gasteiger charge is 2.33. The largest absolute Gasteiger partial charge is 0.374 e. The maximum atomic E-state index is 11.7. The maximum Gasteiger partial charge on any atom is 0.270 e. The fourth-order valence-corrected chi connectivity index (χ4v) is 2.36. The Hall–Kier alpha value is -1.91. The molecule has 1 fully saturated rings. The van der Waals surface area contributed by atoms with Gasteiger partial charge in [0.1, 0.15) is 0 Å². The van der Waals surface area contributed by atoms with E-state index < -0.39 is 4.92 Å². The standard InChI is InChI=1S/C14H18N2O3/c1-9-6-11(9)8-15(3)14-5-4-12(16(18)19)7-13(14)10(2)17/h4-5,7,9,11H,6,8H2,1-3H3. The van der Waals surface area contributed by atoms with E-state index in [0.29, 0.717) is 11.5 Å². The lowest BCUT2D eigenvalue weighted by Crippen LogP contribution is -2.22. The van der Waals surface area contributed by atoms with E-state index in [1.165, 1.54) is 25.5 Å². The molecule has 0 bridgehead atoms. The van der Waals surface area contributed by atoms with Crippen molar-refractivity contribution in [2.24, 2.45) is 11.8 Å². The van der Waals surface area contributed by atoms with Gasteiger partial charge in [-0.25, -0.2) is 0 Å². The number of hydrogen-bond donors (Lipinski definition) is 0. The van der Waals surface area contributed by atoms with Gasteiger partial charge in [0.25, 0.3) is 5.69 Å². The van der Waals surface area contributed by atoms with Crippen molar-refractivity contribution in [1.82, 2.24) is 0 Å². The summed E-state index contributed by atoms with van der Waals surface area (Å²) in [5.41, 5.74) is 1.16. The van der Waals surface area contributed by atoms with Crippen LogP contribution in [0.25, 0.3) is 0 Å². The molecule has 5 nitrogen and oxygen atoms in total. The van der Waals surface area contributed by atoms with Crippen LogP contribution in [-0.2, 0) is 0 Å². The summed E-state index contributed by atoms with van der Waals surface area (Å²) in [5, 5.41) is 10.8. The van der Waals surface area contributed by atoms with Crippen molar-refractivity contribution >= 4 is 17.2 Å². The Labute approximate surface area is 112 Å². The zero-order chi connectivity index (χ0) is 14.2. The average Bonchev–Trinajstić information content (AvgIpc) is 3.03. The summed E-state index contributed by atoms with van der Waals surface area (Å²) < 4.78 is 0. The van der Waals surface area contributed by atoms with Gasteiger partial charge in [0.05, 0.1) is 4.92 Å². The summed E-state index contributed by atoms with van der Waals surface area (Å²) in [5.74, 6) is 1.26. The molecule has 2 rings (SSSR count). The second kappa shape index (κ2) is 4.99.